The summed E-state index contributed by atoms with van der Waals surface area (Å²) in [6, 6.07) is 7.00. The van der Waals surface area contributed by atoms with E-state index >= 15 is 0 Å². The molecule has 1 aromatic heterocycles. The van der Waals surface area contributed by atoms with Crippen LogP contribution in [-0.2, 0) is 24.3 Å². The Hall–Kier alpha value is -2.54. The highest BCUT2D eigenvalue weighted by molar-refractivity contribution is 5.79. The van der Waals surface area contributed by atoms with Crippen LogP contribution >= 0.6 is 0 Å². The standard InChI is InChI=1S/C19H25FN4O2/c1-2-21-19(23-7-10-24-8-3-4-9-24)22-6-5-15-11-17(20)12-16-13-25-14-26-18(15)16/h3-4,8-9,11-12H,2,5-7,10,13-14H2,1H3,(H2,21,22,23). The smallest absolute Gasteiger partial charge is 0.191 e. The maximum Gasteiger partial charge on any atom is 0.191 e. The van der Waals surface area contributed by atoms with E-state index in [1.165, 1.54) is 12.1 Å². The van der Waals surface area contributed by atoms with E-state index in [1.807, 2.05) is 31.5 Å². The van der Waals surface area contributed by atoms with Crippen LogP contribution < -0.4 is 15.4 Å². The number of halogens is 1. The van der Waals surface area contributed by atoms with Crippen molar-refractivity contribution in [2.75, 3.05) is 26.4 Å². The van der Waals surface area contributed by atoms with Gasteiger partial charge in [0.05, 0.1) is 6.61 Å². The highest BCUT2D eigenvalue weighted by atomic mass is 19.1. The third-order valence-electron chi connectivity index (χ3n) is 4.08. The van der Waals surface area contributed by atoms with E-state index in [4.69, 9.17) is 9.47 Å². The molecule has 6 nitrogen and oxygen atoms in total. The van der Waals surface area contributed by atoms with Gasteiger partial charge in [0, 0.05) is 44.1 Å². The van der Waals surface area contributed by atoms with Crippen molar-refractivity contribution in [3.63, 3.8) is 0 Å². The molecule has 2 heterocycles. The normalized spacial score (nSPS) is 13.8. The van der Waals surface area contributed by atoms with Crippen LogP contribution in [0.5, 0.6) is 5.75 Å². The van der Waals surface area contributed by atoms with E-state index in [9.17, 15) is 4.39 Å². The average molecular weight is 360 g/mol. The topological polar surface area (TPSA) is 59.8 Å². The van der Waals surface area contributed by atoms with Crippen molar-refractivity contribution in [3.05, 3.63) is 53.6 Å². The van der Waals surface area contributed by atoms with E-state index in [0.29, 0.717) is 19.6 Å². The fourth-order valence-corrected chi connectivity index (χ4v) is 2.89. The van der Waals surface area contributed by atoms with Crippen LogP contribution in [0.3, 0.4) is 0 Å². The van der Waals surface area contributed by atoms with E-state index in [0.717, 1.165) is 42.5 Å². The number of hydrogen-bond acceptors (Lipinski definition) is 3. The summed E-state index contributed by atoms with van der Waals surface area (Å²) in [5.74, 6) is 1.22. The van der Waals surface area contributed by atoms with Gasteiger partial charge in [-0.1, -0.05) is 0 Å². The molecule has 2 N–H and O–H groups in total. The second kappa shape index (κ2) is 9.24. The first kappa shape index (κ1) is 18.3. The summed E-state index contributed by atoms with van der Waals surface area (Å²) in [5.41, 5.74) is 1.59. The van der Waals surface area contributed by atoms with Crippen molar-refractivity contribution in [3.8, 4) is 5.75 Å². The number of aliphatic imine (C=N–C) groups is 1. The second-order valence-corrected chi connectivity index (χ2v) is 6.02. The van der Waals surface area contributed by atoms with Crippen molar-refractivity contribution < 1.29 is 13.9 Å². The number of rotatable bonds is 7. The number of aromatic nitrogens is 1. The fourth-order valence-electron chi connectivity index (χ4n) is 2.89. The lowest BCUT2D eigenvalue weighted by Gasteiger charge is -2.20. The molecule has 0 aliphatic carbocycles. The first-order valence-electron chi connectivity index (χ1n) is 8.91. The van der Waals surface area contributed by atoms with Crippen molar-refractivity contribution in [1.29, 1.82) is 0 Å². The molecular weight excluding hydrogens is 335 g/mol. The molecule has 3 rings (SSSR count). The lowest BCUT2D eigenvalue weighted by atomic mass is 10.1. The van der Waals surface area contributed by atoms with E-state index < -0.39 is 0 Å². The van der Waals surface area contributed by atoms with Crippen LogP contribution in [0.2, 0.25) is 0 Å². The zero-order valence-electron chi connectivity index (χ0n) is 15.0. The molecule has 1 aromatic carbocycles. The molecule has 0 bridgehead atoms. The summed E-state index contributed by atoms with van der Waals surface area (Å²) >= 11 is 0. The van der Waals surface area contributed by atoms with Gasteiger partial charge >= 0.3 is 0 Å². The van der Waals surface area contributed by atoms with E-state index in [-0.39, 0.29) is 12.6 Å². The number of guanidine groups is 1. The first-order chi connectivity index (χ1) is 12.8. The molecule has 0 amide bonds. The molecule has 26 heavy (non-hydrogen) atoms. The van der Waals surface area contributed by atoms with Crippen LogP contribution in [0.15, 0.2) is 41.7 Å². The van der Waals surface area contributed by atoms with Gasteiger partial charge in [-0.25, -0.2) is 4.39 Å². The summed E-state index contributed by atoms with van der Waals surface area (Å²) in [7, 11) is 0. The highest BCUT2D eigenvalue weighted by Crippen LogP contribution is 2.29. The summed E-state index contributed by atoms with van der Waals surface area (Å²) in [6.45, 7) is 5.58. The summed E-state index contributed by atoms with van der Waals surface area (Å²) in [5, 5.41) is 6.54. The third-order valence-corrected chi connectivity index (χ3v) is 4.08. The number of hydrogen-bond donors (Lipinski definition) is 2. The third kappa shape index (κ3) is 4.98. The minimum atomic E-state index is -0.270. The molecule has 2 aromatic rings. The Balaban J connectivity index is 1.57. The van der Waals surface area contributed by atoms with Crippen LogP contribution in [0.4, 0.5) is 4.39 Å². The Kier molecular flexibility index (Phi) is 6.49. The van der Waals surface area contributed by atoms with Gasteiger partial charge < -0.3 is 24.7 Å². The number of fused-ring (bicyclic) bond motifs is 1. The van der Waals surface area contributed by atoms with Gasteiger partial charge in [-0.15, -0.1) is 0 Å². The van der Waals surface area contributed by atoms with Crippen LogP contribution in [0.1, 0.15) is 18.1 Å². The Morgan fingerprint density at radius 1 is 1.27 bits per heavy atom. The zero-order chi connectivity index (χ0) is 18.2. The van der Waals surface area contributed by atoms with Gasteiger partial charge in [0.15, 0.2) is 12.8 Å². The number of nitrogens with one attached hydrogen (secondary N) is 2. The number of ether oxygens (including phenoxy) is 2. The second-order valence-electron chi connectivity index (χ2n) is 6.02. The molecule has 1 aliphatic heterocycles. The van der Waals surface area contributed by atoms with Crippen molar-refractivity contribution >= 4 is 5.96 Å². The zero-order valence-corrected chi connectivity index (χ0v) is 15.0. The lowest BCUT2D eigenvalue weighted by molar-refractivity contribution is -0.0172. The Morgan fingerprint density at radius 3 is 2.92 bits per heavy atom. The van der Waals surface area contributed by atoms with Gasteiger partial charge in [-0.2, -0.15) is 0 Å². The van der Waals surface area contributed by atoms with Crippen molar-refractivity contribution in [2.24, 2.45) is 4.99 Å². The van der Waals surface area contributed by atoms with Gasteiger partial charge in [0.25, 0.3) is 0 Å². The van der Waals surface area contributed by atoms with Crippen LogP contribution in [-0.4, -0.2) is 37.0 Å². The fraction of sp³-hybridized carbons (Fsp3) is 0.421. The summed E-state index contributed by atoms with van der Waals surface area (Å²) in [4.78, 5) is 4.58. The molecule has 0 fully saturated rings. The molecule has 7 heteroatoms. The van der Waals surface area contributed by atoms with Crippen molar-refractivity contribution in [1.82, 2.24) is 15.2 Å². The molecule has 0 saturated carbocycles. The largest absolute Gasteiger partial charge is 0.467 e. The van der Waals surface area contributed by atoms with Gasteiger partial charge in [-0.3, -0.25) is 4.99 Å². The van der Waals surface area contributed by atoms with Gasteiger partial charge in [-0.05, 0) is 43.2 Å². The Labute approximate surface area is 153 Å². The average Bonchev–Trinajstić information content (AvgIpc) is 3.15. The predicted molar refractivity (Wildman–Crippen MR) is 98.8 cm³/mol. The Morgan fingerprint density at radius 2 is 2.12 bits per heavy atom. The molecule has 140 valence electrons. The van der Waals surface area contributed by atoms with E-state index in [1.54, 1.807) is 0 Å². The summed E-state index contributed by atoms with van der Waals surface area (Å²) < 4.78 is 26.7. The number of nitrogens with zero attached hydrogens (tertiary/aromatic N) is 2. The van der Waals surface area contributed by atoms with Crippen LogP contribution in [0.25, 0.3) is 0 Å². The molecule has 0 atom stereocenters. The molecule has 0 radical (unpaired) electrons. The molecule has 0 saturated heterocycles. The maximum absolute atomic E-state index is 13.8. The van der Waals surface area contributed by atoms with Crippen molar-refractivity contribution in [2.45, 2.75) is 26.5 Å². The molecular formula is C19H25FN4O2. The minimum absolute atomic E-state index is 0.207. The van der Waals surface area contributed by atoms with Gasteiger partial charge in [0.1, 0.15) is 11.6 Å². The van der Waals surface area contributed by atoms with Gasteiger partial charge in [0.2, 0.25) is 0 Å². The van der Waals surface area contributed by atoms with Crippen LogP contribution in [0, 0.1) is 5.82 Å². The Bertz CT molecular complexity index is 731. The summed E-state index contributed by atoms with van der Waals surface area (Å²) in [6.07, 6.45) is 4.67. The van der Waals surface area contributed by atoms with E-state index in [2.05, 4.69) is 20.2 Å². The first-order valence-corrected chi connectivity index (χ1v) is 8.91. The monoisotopic (exact) mass is 360 g/mol. The molecule has 1 aliphatic rings. The SMILES string of the molecule is CCNC(=NCCc1cc(F)cc2c1OCOC2)NCCn1cccc1. The highest BCUT2D eigenvalue weighted by Gasteiger charge is 2.16. The molecule has 0 unspecified atom stereocenters. The quantitative estimate of drug-likeness (QED) is 0.588. The lowest BCUT2D eigenvalue weighted by Crippen LogP contribution is -2.39. The molecule has 0 spiro atoms. The maximum atomic E-state index is 13.8. The number of benzene rings is 1. The predicted octanol–water partition coefficient (Wildman–Crippen LogP) is 2.29. The minimum Gasteiger partial charge on any atom is -0.467 e.